The third-order valence-corrected chi connectivity index (χ3v) is 16.0. The van der Waals surface area contributed by atoms with Gasteiger partial charge in [-0.1, -0.05) is 70.6 Å². The van der Waals surface area contributed by atoms with Crippen LogP contribution in [0.25, 0.3) is 0 Å². The van der Waals surface area contributed by atoms with Crippen molar-refractivity contribution in [2.24, 2.45) is 23.7 Å². The second-order valence-electron chi connectivity index (χ2n) is 19.2. The van der Waals surface area contributed by atoms with Gasteiger partial charge in [0.2, 0.25) is 0 Å². The summed E-state index contributed by atoms with van der Waals surface area (Å²) in [7, 11) is 3.43. The summed E-state index contributed by atoms with van der Waals surface area (Å²) in [6, 6.07) is 0. The molecule has 0 saturated carbocycles. The molecule has 4 fully saturated rings. The number of methoxy groups -OCH3 is 2. The van der Waals surface area contributed by atoms with Crippen LogP contribution in [-0.4, -0.2) is 140 Å². The summed E-state index contributed by atoms with van der Waals surface area (Å²) in [4.78, 5) is 14.4. The van der Waals surface area contributed by atoms with E-state index in [0.717, 1.165) is 12.0 Å². The fourth-order valence-electron chi connectivity index (χ4n) is 10.9. The molecule has 1 unspecified atom stereocenters. The van der Waals surface area contributed by atoms with Crippen LogP contribution in [-0.2, 0) is 52.2 Å². The molecule has 6 aliphatic heterocycles. The zero-order valence-electron chi connectivity index (χ0n) is 39.2. The summed E-state index contributed by atoms with van der Waals surface area (Å²) in [5.74, 6) is -2.50. The van der Waals surface area contributed by atoms with Gasteiger partial charge in [-0.15, -0.1) is 0 Å². The van der Waals surface area contributed by atoms with Crippen molar-refractivity contribution in [2.75, 3.05) is 27.1 Å². The number of ether oxygens (including phenoxy) is 10. The minimum atomic E-state index is -1.82. The highest BCUT2D eigenvalue weighted by Gasteiger charge is 2.60. The maximum atomic E-state index is 14.4. The predicted molar refractivity (Wildman–Crippen MR) is 239 cm³/mol. The number of aliphatic hydroxyl groups is 2. The summed E-state index contributed by atoms with van der Waals surface area (Å²) >= 11 is 1.74. The average molecular weight is 903 g/mol. The van der Waals surface area contributed by atoms with Crippen molar-refractivity contribution in [3.05, 3.63) is 59.3 Å². The Kier molecular flexibility index (Phi) is 16.0. The maximum absolute atomic E-state index is 14.4. The van der Waals surface area contributed by atoms with Crippen LogP contribution in [0.2, 0.25) is 0 Å². The zero-order valence-corrected chi connectivity index (χ0v) is 40.0. The fraction of sp³-hybridized carbons (Fsp3) is 0.776. The number of esters is 1. The number of hydrogen-bond acceptors (Lipinski definition) is 14. The van der Waals surface area contributed by atoms with Gasteiger partial charge in [0.25, 0.3) is 0 Å². The van der Waals surface area contributed by atoms with Crippen LogP contribution in [0.15, 0.2) is 59.3 Å². The van der Waals surface area contributed by atoms with E-state index < -0.39 is 66.4 Å². The van der Waals surface area contributed by atoms with Crippen molar-refractivity contribution in [3.8, 4) is 0 Å². The summed E-state index contributed by atoms with van der Waals surface area (Å²) in [6.07, 6.45) is 13.1. The molecule has 20 atom stereocenters. The average Bonchev–Trinajstić information content (AvgIpc) is 3.60. The topological polar surface area (TPSA) is 150 Å². The van der Waals surface area contributed by atoms with Gasteiger partial charge in [0.1, 0.15) is 35.9 Å². The van der Waals surface area contributed by atoms with Gasteiger partial charge in [0.05, 0.1) is 54.6 Å². The highest BCUT2D eigenvalue weighted by Crippen LogP contribution is 2.47. The summed E-state index contributed by atoms with van der Waals surface area (Å²) in [6.45, 7) is 16.5. The minimum absolute atomic E-state index is 0.00100. The first-order valence-electron chi connectivity index (χ1n) is 23.2. The number of allylic oxidation sites excluding steroid dienone is 2. The summed E-state index contributed by atoms with van der Waals surface area (Å²) in [5, 5.41) is 24.0. The third-order valence-electron chi connectivity index (χ3n) is 14.7. The quantitative estimate of drug-likeness (QED) is 0.186. The normalized spacial score (nSPS) is 48.6. The van der Waals surface area contributed by atoms with Crippen LogP contribution in [0.4, 0.5) is 0 Å². The molecule has 7 rings (SSSR count). The van der Waals surface area contributed by atoms with Crippen molar-refractivity contribution < 1.29 is 62.4 Å². The van der Waals surface area contributed by atoms with Gasteiger partial charge in [-0.3, -0.25) is 4.79 Å². The summed E-state index contributed by atoms with van der Waals surface area (Å²) in [5.41, 5.74) is 0.190. The number of rotatable bonds is 9. The Labute approximate surface area is 379 Å². The van der Waals surface area contributed by atoms with Crippen LogP contribution in [0, 0.1) is 23.7 Å². The largest absolute Gasteiger partial charge is 0.462 e. The van der Waals surface area contributed by atoms with E-state index in [4.69, 9.17) is 47.4 Å². The van der Waals surface area contributed by atoms with Gasteiger partial charge in [-0.2, -0.15) is 11.8 Å². The fourth-order valence-corrected chi connectivity index (χ4v) is 11.9. The molecule has 354 valence electrons. The van der Waals surface area contributed by atoms with Gasteiger partial charge >= 0.3 is 5.97 Å². The van der Waals surface area contributed by atoms with Gasteiger partial charge < -0.3 is 57.6 Å². The molecule has 0 aromatic heterocycles. The van der Waals surface area contributed by atoms with E-state index in [1.54, 1.807) is 45.1 Å². The Bertz CT molecular complexity index is 1750. The number of thioether (sulfide) groups is 1. The van der Waals surface area contributed by atoms with Gasteiger partial charge in [0.15, 0.2) is 18.4 Å². The molecule has 0 aromatic rings. The molecule has 0 amide bonds. The molecule has 2 bridgehead atoms. The first-order valence-corrected chi connectivity index (χ1v) is 24.5. The monoisotopic (exact) mass is 902 g/mol. The molecule has 7 aliphatic rings. The second-order valence-corrected chi connectivity index (χ2v) is 20.2. The number of carbonyl (C=O) groups is 1. The van der Waals surface area contributed by atoms with Crippen molar-refractivity contribution in [2.45, 2.75) is 190 Å². The van der Waals surface area contributed by atoms with Crippen LogP contribution in [0.3, 0.4) is 0 Å². The van der Waals surface area contributed by atoms with Crippen molar-refractivity contribution in [1.82, 2.24) is 0 Å². The minimum Gasteiger partial charge on any atom is -0.462 e. The lowest BCUT2D eigenvalue weighted by molar-refractivity contribution is -0.309. The third kappa shape index (κ3) is 10.2. The number of fused-ring (bicyclic) bond motifs is 2. The second kappa shape index (κ2) is 20.5. The van der Waals surface area contributed by atoms with E-state index >= 15 is 0 Å². The Balaban J connectivity index is 1.18. The molecule has 2 N–H and O–H groups in total. The highest BCUT2D eigenvalue weighted by atomic mass is 32.2. The van der Waals surface area contributed by atoms with Gasteiger partial charge in [-0.25, -0.2) is 0 Å². The van der Waals surface area contributed by atoms with Crippen LogP contribution in [0.1, 0.15) is 93.9 Å². The SMILES string of the molecule is CCC(C)[C@H]1O[C@]2(C=C[C@@H]1C)C[C@@H]1C[C@@H](C/C=C(\C)[C@@H](O[C@H]3C[C@H](OC)[C@@H](O[C@H]4C[C@H](OC)[C@H](SC)[C@H](C)O4)[C@H](C)O3)[C@@H](C)/C=C/C=C3\CO[C@@H]4[C@H](O)C(C)=C[C@@H](C(=O)O1)[C@]34O)O2. The van der Waals surface area contributed by atoms with Crippen molar-refractivity contribution in [1.29, 1.82) is 0 Å². The molecule has 1 aliphatic carbocycles. The number of carbonyl (C=O) groups excluding carboxylic acids is 1. The lowest BCUT2D eigenvalue weighted by Crippen LogP contribution is -2.58. The molecule has 63 heavy (non-hydrogen) atoms. The first kappa shape index (κ1) is 49.0. The predicted octanol–water partition coefficient (Wildman–Crippen LogP) is 6.75. The molecule has 13 nitrogen and oxygen atoms in total. The van der Waals surface area contributed by atoms with Crippen molar-refractivity contribution >= 4 is 17.7 Å². The summed E-state index contributed by atoms with van der Waals surface area (Å²) < 4.78 is 64.7. The lowest BCUT2D eigenvalue weighted by atomic mass is 9.71. The van der Waals surface area contributed by atoms with Crippen molar-refractivity contribution in [3.63, 3.8) is 0 Å². The van der Waals surface area contributed by atoms with E-state index in [0.29, 0.717) is 43.3 Å². The molecule has 0 aromatic carbocycles. The van der Waals surface area contributed by atoms with Gasteiger partial charge in [0, 0.05) is 51.7 Å². The Morgan fingerprint density at radius 1 is 0.921 bits per heavy atom. The molecule has 0 radical (unpaired) electrons. The molecule has 4 saturated heterocycles. The molecule has 14 heteroatoms. The zero-order chi connectivity index (χ0) is 45.4. The Hall–Kier alpha value is -1.92. The van der Waals surface area contributed by atoms with Crippen LogP contribution < -0.4 is 0 Å². The molecule has 1 spiro atoms. The maximum Gasteiger partial charge on any atom is 0.316 e. The lowest BCUT2D eigenvalue weighted by Gasteiger charge is -2.48. The van der Waals surface area contributed by atoms with E-state index in [2.05, 4.69) is 60.0 Å². The molecule has 6 heterocycles. The van der Waals surface area contributed by atoms with E-state index in [1.165, 1.54) is 0 Å². The van der Waals surface area contributed by atoms with Gasteiger partial charge in [-0.05, 0) is 69.1 Å². The molecular weight excluding hydrogens is 829 g/mol. The number of aliphatic hydroxyl groups excluding tert-OH is 1. The van der Waals surface area contributed by atoms with E-state index in [-0.39, 0.29) is 66.2 Å². The van der Waals surface area contributed by atoms with E-state index in [9.17, 15) is 15.0 Å². The number of hydrogen-bond donors (Lipinski definition) is 2. The standard InChI is InChI=1S/C49H74O13S/c1-12-26(2)43-29(5)18-19-48(62-43)24-35-21-34(61-48)17-16-28(4)42(27(3)14-13-15-33-25-55-46-41(50)30(6)20-36(47(51)58-35)49(33,46)52)59-39-22-37(53-9)44(31(7)56-39)60-40-23-38(54-10)45(63-11)32(8)57-40/h13-16,18-20,26-27,29,31-32,34-46,50,52H,12,17,21-25H2,1-11H3/b14-13+,28-16+,33-15+/t26?,27-,29-,31-,32-,34+,35-,36-,37-,38-,39-,40-,41+,42-,43+,44-,45+,46+,48+,49+/m0/s1. The molecular formula is C49H74O13S. The smallest absolute Gasteiger partial charge is 0.316 e. The Morgan fingerprint density at radius 3 is 2.35 bits per heavy atom. The first-order chi connectivity index (χ1) is 30.0. The highest BCUT2D eigenvalue weighted by molar-refractivity contribution is 7.99. The van der Waals surface area contributed by atoms with Crippen LogP contribution >= 0.6 is 11.8 Å². The van der Waals surface area contributed by atoms with Crippen LogP contribution in [0.5, 0.6) is 0 Å². The Morgan fingerprint density at radius 2 is 1.63 bits per heavy atom. The van der Waals surface area contributed by atoms with E-state index in [1.807, 2.05) is 25.2 Å².